The minimum atomic E-state index is -0.254. The van der Waals surface area contributed by atoms with Crippen molar-refractivity contribution < 1.29 is 14.3 Å². The first-order valence-electron chi connectivity index (χ1n) is 8.63. The molecule has 0 fully saturated rings. The molecular weight excluding hydrogens is 360 g/mol. The highest BCUT2D eigenvalue weighted by atomic mass is 32.1. The fourth-order valence-corrected chi connectivity index (χ4v) is 3.16. The maximum absolute atomic E-state index is 12.2. The summed E-state index contributed by atoms with van der Waals surface area (Å²) < 4.78 is 5.49. The van der Waals surface area contributed by atoms with E-state index in [2.05, 4.69) is 10.3 Å². The molecule has 1 heterocycles. The predicted molar refractivity (Wildman–Crippen MR) is 107 cm³/mol. The highest BCUT2D eigenvalue weighted by Gasteiger charge is 2.08. The first-order valence-corrected chi connectivity index (χ1v) is 9.51. The van der Waals surface area contributed by atoms with E-state index in [1.807, 2.05) is 43.5 Å². The van der Waals surface area contributed by atoms with E-state index < -0.39 is 0 Å². The van der Waals surface area contributed by atoms with Crippen molar-refractivity contribution in [2.45, 2.75) is 20.3 Å². The number of ketones is 1. The van der Waals surface area contributed by atoms with Crippen molar-refractivity contribution in [3.05, 3.63) is 64.5 Å². The van der Waals surface area contributed by atoms with Crippen molar-refractivity contribution in [3.63, 3.8) is 0 Å². The zero-order chi connectivity index (χ0) is 19.2. The molecule has 0 saturated heterocycles. The van der Waals surface area contributed by atoms with Gasteiger partial charge in [-0.25, -0.2) is 4.98 Å². The standard InChI is InChI=1S/C21H20N2O3S/c1-3-20(24)15-7-9-18(10-8-15)26-12-21(25)23-17-6-4-5-16(11-17)19-13-27-14(2)22-19/h4-11,13H,3,12H2,1-2H3,(H,23,25). The van der Waals surface area contributed by atoms with Crippen LogP contribution in [0.4, 0.5) is 5.69 Å². The monoisotopic (exact) mass is 380 g/mol. The Morgan fingerprint density at radius 1 is 1.15 bits per heavy atom. The highest BCUT2D eigenvalue weighted by Crippen LogP contribution is 2.24. The number of aromatic nitrogens is 1. The molecule has 0 aliphatic heterocycles. The first-order chi connectivity index (χ1) is 13.0. The molecular formula is C21H20N2O3S. The number of Topliss-reactive ketones (excluding diaryl/α,β-unsaturated/α-hetero) is 1. The van der Waals surface area contributed by atoms with Gasteiger partial charge in [-0.3, -0.25) is 9.59 Å². The Morgan fingerprint density at radius 3 is 2.59 bits per heavy atom. The van der Waals surface area contributed by atoms with Gasteiger partial charge < -0.3 is 10.1 Å². The van der Waals surface area contributed by atoms with Crippen molar-refractivity contribution >= 4 is 28.7 Å². The zero-order valence-corrected chi connectivity index (χ0v) is 16.0. The second kappa shape index (κ2) is 8.60. The van der Waals surface area contributed by atoms with E-state index in [1.165, 1.54) is 0 Å². The molecule has 5 nitrogen and oxygen atoms in total. The molecule has 0 bridgehead atoms. The van der Waals surface area contributed by atoms with Crippen LogP contribution in [0.25, 0.3) is 11.3 Å². The Kier molecular flexibility index (Phi) is 5.98. The quantitative estimate of drug-likeness (QED) is 0.602. The van der Waals surface area contributed by atoms with Crippen LogP contribution >= 0.6 is 11.3 Å². The molecule has 3 rings (SSSR count). The van der Waals surface area contributed by atoms with Gasteiger partial charge in [0.05, 0.1) is 10.7 Å². The lowest BCUT2D eigenvalue weighted by Crippen LogP contribution is -2.20. The van der Waals surface area contributed by atoms with E-state index in [-0.39, 0.29) is 18.3 Å². The van der Waals surface area contributed by atoms with Crippen molar-refractivity contribution in [2.24, 2.45) is 0 Å². The van der Waals surface area contributed by atoms with Gasteiger partial charge in [-0.05, 0) is 43.3 Å². The number of hydrogen-bond donors (Lipinski definition) is 1. The van der Waals surface area contributed by atoms with E-state index in [0.717, 1.165) is 16.3 Å². The van der Waals surface area contributed by atoms with Crippen LogP contribution in [-0.2, 0) is 4.79 Å². The Labute approximate surface area is 162 Å². The lowest BCUT2D eigenvalue weighted by atomic mass is 10.1. The molecule has 0 unspecified atom stereocenters. The number of nitrogens with zero attached hydrogens (tertiary/aromatic N) is 1. The van der Waals surface area contributed by atoms with E-state index in [9.17, 15) is 9.59 Å². The maximum Gasteiger partial charge on any atom is 0.262 e. The van der Waals surface area contributed by atoms with Crippen LogP contribution in [0.15, 0.2) is 53.9 Å². The average molecular weight is 380 g/mol. The Morgan fingerprint density at radius 2 is 1.93 bits per heavy atom. The Balaban J connectivity index is 1.57. The lowest BCUT2D eigenvalue weighted by Gasteiger charge is -2.09. The molecule has 0 saturated carbocycles. The van der Waals surface area contributed by atoms with Crippen LogP contribution in [0.5, 0.6) is 5.75 Å². The van der Waals surface area contributed by atoms with Crippen LogP contribution in [-0.4, -0.2) is 23.3 Å². The largest absolute Gasteiger partial charge is 0.484 e. The van der Waals surface area contributed by atoms with Crippen molar-refractivity contribution in [1.82, 2.24) is 4.98 Å². The molecule has 27 heavy (non-hydrogen) atoms. The molecule has 1 amide bonds. The fraction of sp³-hybridized carbons (Fsp3) is 0.190. The third-order valence-electron chi connectivity index (χ3n) is 3.93. The minimum Gasteiger partial charge on any atom is -0.484 e. The zero-order valence-electron chi connectivity index (χ0n) is 15.2. The van der Waals surface area contributed by atoms with E-state index in [4.69, 9.17) is 4.74 Å². The number of carbonyl (C=O) groups excluding carboxylic acids is 2. The normalized spacial score (nSPS) is 10.4. The summed E-state index contributed by atoms with van der Waals surface area (Å²) in [5, 5.41) is 5.82. The second-order valence-corrected chi connectivity index (χ2v) is 7.03. The van der Waals surface area contributed by atoms with Gasteiger partial charge >= 0.3 is 0 Å². The number of carbonyl (C=O) groups is 2. The van der Waals surface area contributed by atoms with Crippen molar-refractivity contribution in [2.75, 3.05) is 11.9 Å². The summed E-state index contributed by atoms with van der Waals surface area (Å²) in [5.41, 5.74) is 3.18. The number of aryl methyl sites for hydroxylation is 1. The van der Waals surface area contributed by atoms with E-state index in [0.29, 0.717) is 23.4 Å². The van der Waals surface area contributed by atoms with Crippen LogP contribution in [0.3, 0.4) is 0 Å². The van der Waals surface area contributed by atoms with Crippen LogP contribution in [0, 0.1) is 6.92 Å². The Hall–Kier alpha value is -2.99. The van der Waals surface area contributed by atoms with Crippen LogP contribution < -0.4 is 10.1 Å². The van der Waals surface area contributed by atoms with Crippen molar-refractivity contribution in [1.29, 1.82) is 0 Å². The number of thiazole rings is 1. The number of ether oxygens (including phenoxy) is 1. The lowest BCUT2D eigenvalue weighted by molar-refractivity contribution is -0.118. The number of anilines is 1. The molecule has 0 radical (unpaired) electrons. The summed E-state index contributed by atoms with van der Waals surface area (Å²) in [6.07, 6.45) is 0.460. The van der Waals surface area contributed by atoms with Gasteiger partial charge in [-0.2, -0.15) is 0 Å². The van der Waals surface area contributed by atoms with Gasteiger partial charge in [-0.15, -0.1) is 11.3 Å². The van der Waals surface area contributed by atoms with E-state index in [1.54, 1.807) is 35.6 Å². The fourth-order valence-electron chi connectivity index (χ4n) is 2.54. The number of benzene rings is 2. The van der Waals surface area contributed by atoms with Crippen LogP contribution in [0.1, 0.15) is 28.7 Å². The minimum absolute atomic E-state index is 0.0782. The van der Waals surface area contributed by atoms with Gasteiger partial charge in [0.15, 0.2) is 12.4 Å². The molecule has 0 aliphatic rings. The maximum atomic E-state index is 12.2. The molecule has 2 aromatic carbocycles. The molecule has 0 aliphatic carbocycles. The average Bonchev–Trinajstić information content (AvgIpc) is 3.13. The molecule has 138 valence electrons. The number of nitrogens with one attached hydrogen (secondary N) is 1. The summed E-state index contributed by atoms with van der Waals surface area (Å²) in [4.78, 5) is 28.2. The molecule has 0 atom stereocenters. The van der Waals surface area contributed by atoms with Crippen LogP contribution in [0.2, 0.25) is 0 Å². The summed E-state index contributed by atoms with van der Waals surface area (Å²) in [6, 6.07) is 14.4. The summed E-state index contributed by atoms with van der Waals surface area (Å²) in [7, 11) is 0. The van der Waals surface area contributed by atoms with E-state index >= 15 is 0 Å². The second-order valence-electron chi connectivity index (χ2n) is 5.97. The molecule has 6 heteroatoms. The Bertz CT molecular complexity index is 948. The smallest absolute Gasteiger partial charge is 0.262 e. The van der Waals surface area contributed by atoms with Gasteiger partial charge in [0, 0.05) is 28.6 Å². The van der Waals surface area contributed by atoms with Gasteiger partial charge in [0.25, 0.3) is 5.91 Å². The number of hydrogen-bond acceptors (Lipinski definition) is 5. The van der Waals surface area contributed by atoms with Gasteiger partial charge in [0.2, 0.25) is 0 Å². The summed E-state index contributed by atoms with van der Waals surface area (Å²) in [6.45, 7) is 3.67. The highest BCUT2D eigenvalue weighted by molar-refractivity contribution is 7.09. The first kappa shape index (κ1) is 18.8. The molecule has 0 spiro atoms. The SMILES string of the molecule is CCC(=O)c1ccc(OCC(=O)Nc2cccc(-c3csc(C)n3)c2)cc1. The van der Waals surface area contributed by atoms with Gasteiger partial charge in [0.1, 0.15) is 5.75 Å². The topological polar surface area (TPSA) is 68.3 Å². The molecule has 1 aromatic heterocycles. The predicted octanol–water partition coefficient (Wildman–Crippen LogP) is 4.73. The summed E-state index contributed by atoms with van der Waals surface area (Å²) >= 11 is 1.59. The van der Waals surface area contributed by atoms with Gasteiger partial charge in [-0.1, -0.05) is 19.1 Å². The third-order valence-corrected chi connectivity index (χ3v) is 4.70. The van der Waals surface area contributed by atoms with Crippen molar-refractivity contribution in [3.8, 4) is 17.0 Å². The number of amides is 1. The summed E-state index contributed by atoms with van der Waals surface area (Å²) in [5.74, 6) is 0.370. The molecule has 3 aromatic rings. The molecule has 1 N–H and O–H groups in total. The third kappa shape index (κ3) is 5.01. The number of rotatable bonds is 7.